The van der Waals surface area contributed by atoms with Gasteiger partial charge < -0.3 is 16.5 Å². The molecule has 5 N–H and O–H groups in total. The smallest absolute Gasteiger partial charge is 0.253 e. The van der Waals surface area contributed by atoms with Crippen LogP contribution in [-0.4, -0.2) is 16.9 Å². The molecule has 2 unspecified atom stereocenters. The first-order chi connectivity index (χ1) is 10.8. The van der Waals surface area contributed by atoms with Crippen molar-refractivity contribution in [1.82, 2.24) is 4.98 Å². The van der Waals surface area contributed by atoms with Gasteiger partial charge in [0.05, 0.1) is 5.52 Å². The van der Waals surface area contributed by atoms with E-state index in [0.29, 0.717) is 12.8 Å². The third kappa shape index (κ3) is 2.39. The maximum absolute atomic E-state index is 14.6. The van der Waals surface area contributed by atoms with E-state index in [4.69, 9.17) is 11.5 Å². The van der Waals surface area contributed by atoms with Crippen LogP contribution >= 0.6 is 0 Å². The van der Waals surface area contributed by atoms with Crippen LogP contribution in [0.5, 0.6) is 0 Å². The first-order valence-corrected chi connectivity index (χ1v) is 7.56. The molecule has 1 aliphatic carbocycles. The Morgan fingerprint density at radius 3 is 2.48 bits per heavy atom. The number of benzene rings is 1. The molecule has 1 fully saturated rings. The molecule has 23 heavy (non-hydrogen) atoms. The Morgan fingerprint density at radius 1 is 1.17 bits per heavy atom. The van der Waals surface area contributed by atoms with Crippen molar-refractivity contribution >= 4 is 16.8 Å². The van der Waals surface area contributed by atoms with Crippen molar-refractivity contribution in [3.8, 4) is 0 Å². The maximum atomic E-state index is 14.6. The number of hydrogen-bond donors (Lipinski definition) is 3. The zero-order valence-electron chi connectivity index (χ0n) is 12.7. The Hall–Kier alpha value is -2.02. The number of hydrogen-bond acceptors (Lipinski definition) is 2. The van der Waals surface area contributed by atoms with Gasteiger partial charge in [0, 0.05) is 22.7 Å². The molecule has 124 valence electrons. The van der Waals surface area contributed by atoms with E-state index >= 15 is 0 Å². The molecule has 1 saturated carbocycles. The number of nitrogens with two attached hydrogens (primary N) is 2. The number of H-pyrrole nitrogens is 1. The minimum atomic E-state index is -1.33. The molecule has 0 radical (unpaired) electrons. The number of amides is 1. The summed E-state index contributed by atoms with van der Waals surface area (Å²) in [5.41, 5.74) is 10.4. The van der Waals surface area contributed by atoms with Crippen molar-refractivity contribution in [3.05, 3.63) is 34.3 Å². The Balaban J connectivity index is 2.35. The van der Waals surface area contributed by atoms with E-state index in [-0.39, 0.29) is 34.1 Å². The minimum Gasteiger partial charge on any atom is -0.365 e. The molecule has 2 aromatic rings. The van der Waals surface area contributed by atoms with Crippen LogP contribution in [0.1, 0.15) is 53.2 Å². The quantitative estimate of drug-likeness (QED) is 0.793. The van der Waals surface area contributed by atoms with E-state index in [1.165, 1.54) is 6.92 Å². The molecule has 0 aliphatic heterocycles. The highest BCUT2D eigenvalue weighted by Crippen LogP contribution is 2.41. The molecule has 0 saturated heterocycles. The lowest BCUT2D eigenvalue weighted by molar-refractivity contribution is 0.0997. The van der Waals surface area contributed by atoms with Crippen molar-refractivity contribution in [2.75, 3.05) is 0 Å². The molecule has 4 nitrogen and oxygen atoms in total. The average Bonchev–Trinajstić information content (AvgIpc) is 2.76. The second kappa shape index (κ2) is 5.56. The molecule has 1 aromatic carbocycles. The number of fused-ring (bicyclic) bond motifs is 1. The van der Waals surface area contributed by atoms with Gasteiger partial charge >= 0.3 is 0 Å². The highest BCUT2D eigenvalue weighted by atomic mass is 19.2. The summed E-state index contributed by atoms with van der Waals surface area (Å²) in [7, 11) is 0. The highest BCUT2D eigenvalue weighted by molar-refractivity contribution is 6.06. The van der Waals surface area contributed by atoms with Crippen molar-refractivity contribution < 1.29 is 18.0 Å². The SMILES string of the molecule is Cc1[nH]c2c(C(N)=O)c(F)c(F)c(C3CCCC(N)C3)c2c1F. The van der Waals surface area contributed by atoms with Gasteiger partial charge in [0.25, 0.3) is 5.91 Å². The molecule has 1 amide bonds. The zero-order valence-corrected chi connectivity index (χ0v) is 12.7. The number of aryl methyl sites for hydroxylation is 1. The summed E-state index contributed by atoms with van der Waals surface area (Å²) in [6.45, 7) is 1.44. The van der Waals surface area contributed by atoms with Crippen molar-refractivity contribution in [1.29, 1.82) is 0 Å². The molecule has 7 heteroatoms. The fourth-order valence-electron chi connectivity index (χ4n) is 3.59. The van der Waals surface area contributed by atoms with Crippen LogP contribution in [0.2, 0.25) is 0 Å². The maximum Gasteiger partial charge on any atom is 0.253 e. The monoisotopic (exact) mass is 325 g/mol. The second-order valence-electron chi connectivity index (χ2n) is 6.22. The van der Waals surface area contributed by atoms with E-state index < -0.39 is 28.9 Å². The fraction of sp³-hybridized carbons (Fsp3) is 0.438. The summed E-state index contributed by atoms with van der Waals surface area (Å²) in [4.78, 5) is 14.1. The van der Waals surface area contributed by atoms with Gasteiger partial charge in [-0.05, 0) is 32.1 Å². The summed E-state index contributed by atoms with van der Waals surface area (Å²) in [5, 5.41) is -0.0886. The van der Waals surface area contributed by atoms with Gasteiger partial charge in [-0.1, -0.05) is 6.42 Å². The molecular weight excluding hydrogens is 307 g/mol. The number of aromatic amines is 1. The topological polar surface area (TPSA) is 84.9 Å². The van der Waals surface area contributed by atoms with E-state index in [9.17, 15) is 18.0 Å². The largest absolute Gasteiger partial charge is 0.365 e. The fourth-order valence-corrected chi connectivity index (χ4v) is 3.59. The normalized spacial score (nSPS) is 21.8. The van der Waals surface area contributed by atoms with E-state index in [1.54, 1.807) is 0 Å². The average molecular weight is 325 g/mol. The number of aromatic nitrogens is 1. The van der Waals surface area contributed by atoms with Gasteiger partial charge in [-0.15, -0.1) is 0 Å². The Bertz CT molecular complexity index is 800. The summed E-state index contributed by atoms with van der Waals surface area (Å²) in [6, 6.07) is -0.134. The number of halogens is 3. The number of carbonyl (C=O) groups is 1. The van der Waals surface area contributed by atoms with Crippen LogP contribution in [0.25, 0.3) is 10.9 Å². The van der Waals surface area contributed by atoms with E-state index in [0.717, 1.165) is 12.8 Å². The molecule has 1 aromatic heterocycles. The molecule has 1 heterocycles. The van der Waals surface area contributed by atoms with Crippen molar-refractivity contribution in [2.45, 2.75) is 44.6 Å². The summed E-state index contributed by atoms with van der Waals surface area (Å²) in [5.74, 6) is -4.75. The molecule has 2 atom stereocenters. The lowest BCUT2D eigenvalue weighted by Gasteiger charge is -2.28. The number of carbonyl (C=O) groups excluding carboxylic acids is 1. The van der Waals surface area contributed by atoms with Crippen molar-refractivity contribution in [3.63, 3.8) is 0 Å². The van der Waals surface area contributed by atoms with Gasteiger partial charge in [0.15, 0.2) is 17.5 Å². The van der Waals surface area contributed by atoms with Crippen LogP contribution in [0.3, 0.4) is 0 Å². The van der Waals surface area contributed by atoms with Gasteiger partial charge in [-0.2, -0.15) is 0 Å². The summed E-state index contributed by atoms with van der Waals surface area (Å²) in [6.07, 6.45) is 2.61. The van der Waals surface area contributed by atoms with Gasteiger partial charge in [0.1, 0.15) is 5.56 Å². The van der Waals surface area contributed by atoms with Crippen LogP contribution in [0, 0.1) is 24.4 Å². The zero-order chi connectivity index (χ0) is 16.9. The van der Waals surface area contributed by atoms with Crippen LogP contribution in [0.4, 0.5) is 13.2 Å². The molecule has 0 spiro atoms. The van der Waals surface area contributed by atoms with Crippen molar-refractivity contribution in [2.24, 2.45) is 11.5 Å². The number of nitrogens with one attached hydrogen (secondary N) is 1. The summed E-state index contributed by atoms with van der Waals surface area (Å²) < 4.78 is 43.6. The number of primary amides is 1. The highest BCUT2D eigenvalue weighted by Gasteiger charge is 2.32. The van der Waals surface area contributed by atoms with E-state index in [1.807, 2.05) is 0 Å². The lowest BCUT2D eigenvalue weighted by Crippen LogP contribution is -2.28. The van der Waals surface area contributed by atoms with Gasteiger partial charge in [-0.25, -0.2) is 13.2 Å². The lowest BCUT2D eigenvalue weighted by atomic mass is 9.79. The van der Waals surface area contributed by atoms with Crippen LogP contribution < -0.4 is 11.5 Å². The standard InChI is InChI=1S/C16H18F3N3O/c1-6-12(17)10-9(7-3-2-4-8(20)5-7)13(18)14(19)11(16(21)23)15(10)22-6/h7-8,22H,2-5,20H2,1H3,(H2,21,23). The second-order valence-corrected chi connectivity index (χ2v) is 6.22. The molecule has 0 bridgehead atoms. The van der Waals surface area contributed by atoms with Gasteiger partial charge in [0.2, 0.25) is 0 Å². The van der Waals surface area contributed by atoms with Crippen LogP contribution in [0.15, 0.2) is 0 Å². The Labute approximate surface area is 131 Å². The number of rotatable bonds is 2. The van der Waals surface area contributed by atoms with Gasteiger partial charge in [-0.3, -0.25) is 4.79 Å². The molecule has 1 aliphatic rings. The Kier molecular flexibility index (Phi) is 3.83. The molecular formula is C16H18F3N3O. The minimum absolute atomic E-state index is 0.0421. The third-order valence-corrected chi connectivity index (χ3v) is 4.65. The molecule has 3 rings (SSSR count). The predicted octanol–water partition coefficient (Wildman–Crippen LogP) is 2.98. The predicted molar refractivity (Wildman–Crippen MR) is 80.6 cm³/mol. The first-order valence-electron chi connectivity index (χ1n) is 7.56. The summed E-state index contributed by atoms with van der Waals surface area (Å²) >= 11 is 0. The van der Waals surface area contributed by atoms with E-state index in [2.05, 4.69) is 4.98 Å². The van der Waals surface area contributed by atoms with Crippen LogP contribution in [-0.2, 0) is 0 Å². The Morgan fingerprint density at radius 2 is 1.87 bits per heavy atom. The third-order valence-electron chi connectivity index (χ3n) is 4.65. The first kappa shape index (κ1) is 15.9.